The molecule has 1 atom stereocenters. The molecule has 0 bridgehead atoms. The van der Waals surface area contributed by atoms with Crippen molar-refractivity contribution in [3.63, 3.8) is 0 Å². The Balaban J connectivity index is 1.52. The Morgan fingerprint density at radius 1 is 1.07 bits per heavy atom. The molecule has 0 aliphatic heterocycles. The van der Waals surface area contributed by atoms with Gasteiger partial charge in [-0.2, -0.15) is 0 Å². The van der Waals surface area contributed by atoms with Crippen molar-refractivity contribution >= 4 is 29.3 Å². The second kappa shape index (κ2) is 10.0. The summed E-state index contributed by atoms with van der Waals surface area (Å²) in [4.78, 5) is 24.4. The largest absolute Gasteiger partial charge is 0.349 e. The van der Waals surface area contributed by atoms with E-state index in [4.69, 9.17) is 0 Å². The molecule has 156 valence electrons. The zero-order chi connectivity index (χ0) is 21.5. The fourth-order valence-corrected chi connectivity index (χ4v) is 3.50. The Bertz CT molecular complexity index is 1030. The van der Waals surface area contributed by atoms with Gasteiger partial charge in [0.05, 0.1) is 23.9 Å². The molecule has 2 aromatic carbocycles. The van der Waals surface area contributed by atoms with Crippen LogP contribution in [-0.4, -0.2) is 32.3 Å². The molecular formula is C21H22FN5O2S. The molecule has 0 spiro atoms. The number of nitrogens with zero attached hydrogens (tertiary/aromatic N) is 3. The van der Waals surface area contributed by atoms with Gasteiger partial charge in [0.25, 0.3) is 0 Å². The summed E-state index contributed by atoms with van der Waals surface area (Å²) < 4.78 is 15.3. The van der Waals surface area contributed by atoms with E-state index in [2.05, 4.69) is 20.8 Å². The average Bonchev–Trinajstić information content (AvgIpc) is 3.08. The van der Waals surface area contributed by atoms with Crippen LogP contribution in [0.2, 0.25) is 0 Å². The summed E-state index contributed by atoms with van der Waals surface area (Å²) in [6.45, 7) is 1.92. The molecule has 1 aromatic heterocycles. The van der Waals surface area contributed by atoms with Crippen molar-refractivity contribution in [2.75, 3.05) is 11.1 Å². The average molecular weight is 428 g/mol. The molecule has 1 heterocycles. The Labute approximate surface area is 178 Å². The van der Waals surface area contributed by atoms with Gasteiger partial charge < -0.3 is 15.2 Å². The number of nitrogens with one attached hydrogen (secondary N) is 2. The molecule has 0 saturated carbocycles. The fourth-order valence-electron chi connectivity index (χ4n) is 2.76. The van der Waals surface area contributed by atoms with Crippen LogP contribution in [0.4, 0.5) is 10.1 Å². The van der Waals surface area contributed by atoms with E-state index in [0.29, 0.717) is 11.0 Å². The van der Waals surface area contributed by atoms with Crippen molar-refractivity contribution in [3.8, 4) is 0 Å². The van der Waals surface area contributed by atoms with Gasteiger partial charge in [0, 0.05) is 7.05 Å². The summed E-state index contributed by atoms with van der Waals surface area (Å²) in [5, 5.41) is 14.0. The van der Waals surface area contributed by atoms with E-state index in [1.807, 2.05) is 37.3 Å². The standard InChI is InChI=1S/C21H22FN5O2S/c1-14(15-8-4-3-5-9-15)23-20(29)13-30-21-26-25-18(27(21)2)12-19(28)24-17-11-7-6-10-16(17)22/h3-11,14H,12-13H2,1-2H3,(H,23,29)(H,24,28). The molecule has 9 heteroatoms. The number of aromatic nitrogens is 3. The highest BCUT2D eigenvalue weighted by Gasteiger charge is 2.16. The number of rotatable bonds is 8. The topological polar surface area (TPSA) is 88.9 Å². The number of amides is 2. The van der Waals surface area contributed by atoms with E-state index in [9.17, 15) is 14.0 Å². The molecule has 0 saturated heterocycles. The predicted molar refractivity (Wildman–Crippen MR) is 113 cm³/mol. The summed E-state index contributed by atoms with van der Waals surface area (Å²) in [5.41, 5.74) is 1.14. The molecule has 3 aromatic rings. The highest BCUT2D eigenvalue weighted by atomic mass is 32.2. The van der Waals surface area contributed by atoms with Crippen molar-refractivity contribution in [2.24, 2.45) is 7.05 Å². The molecule has 1 unspecified atom stereocenters. The van der Waals surface area contributed by atoms with Crippen LogP contribution in [0.3, 0.4) is 0 Å². The maximum atomic E-state index is 13.7. The summed E-state index contributed by atoms with van der Waals surface area (Å²) in [6.07, 6.45) is -0.0599. The van der Waals surface area contributed by atoms with Gasteiger partial charge in [-0.25, -0.2) is 4.39 Å². The second-order valence-corrected chi connectivity index (χ2v) is 7.59. The number of carbonyl (C=O) groups is 2. The van der Waals surface area contributed by atoms with E-state index < -0.39 is 11.7 Å². The first kappa shape index (κ1) is 21.5. The number of hydrogen-bond acceptors (Lipinski definition) is 5. The Morgan fingerprint density at radius 2 is 1.77 bits per heavy atom. The van der Waals surface area contributed by atoms with Crippen LogP contribution < -0.4 is 10.6 Å². The maximum Gasteiger partial charge on any atom is 0.232 e. The third-order valence-electron chi connectivity index (χ3n) is 4.40. The zero-order valence-corrected chi connectivity index (χ0v) is 17.4. The van der Waals surface area contributed by atoms with Crippen LogP contribution in [0.25, 0.3) is 0 Å². The van der Waals surface area contributed by atoms with E-state index in [-0.39, 0.29) is 29.8 Å². The van der Waals surface area contributed by atoms with Gasteiger partial charge >= 0.3 is 0 Å². The smallest absolute Gasteiger partial charge is 0.232 e. The van der Waals surface area contributed by atoms with E-state index >= 15 is 0 Å². The van der Waals surface area contributed by atoms with Gasteiger partial charge in [0.1, 0.15) is 11.6 Å². The SMILES string of the molecule is CC(NC(=O)CSc1nnc(CC(=O)Nc2ccccc2F)n1C)c1ccccc1. The normalized spacial score (nSPS) is 11.7. The fraction of sp³-hybridized carbons (Fsp3) is 0.238. The first-order chi connectivity index (χ1) is 14.4. The van der Waals surface area contributed by atoms with Crippen molar-refractivity contribution in [1.82, 2.24) is 20.1 Å². The number of hydrogen-bond donors (Lipinski definition) is 2. The maximum absolute atomic E-state index is 13.7. The van der Waals surface area contributed by atoms with Crippen LogP contribution in [0.5, 0.6) is 0 Å². The lowest BCUT2D eigenvalue weighted by atomic mass is 10.1. The van der Waals surface area contributed by atoms with Crippen LogP contribution in [0, 0.1) is 5.82 Å². The number of benzene rings is 2. The van der Waals surface area contributed by atoms with E-state index in [1.54, 1.807) is 23.7 Å². The number of halogens is 1. The molecule has 7 nitrogen and oxygen atoms in total. The lowest BCUT2D eigenvalue weighted by molar-refractivity contribution is -0.119. The minimum atomic E-state index is -0.504. The summed E-state index contributed by atoms with van der Waals surface area (Å²) in [7, 11) is 1.72. The van der Waals surface area contributed by atoms with Gasteiger partial charge in [0.2, 0.25) is 11.8 Å². The Kier molecular flexibility index (Phi) is 7.18. The molecule has 2 N–H and O–H groups in total. The van der Waals surface area contributed by atoms with Crippen molar-refractivity contribution < 1.29 is 14.0 Å². The van der Waals surface area contributed by atoms with Crippen LogP contribution >= 0.6 is 11.8 Å². The summed E-state index contributed by atoms with van der Waals surface area (Å²) in [6, 6.07) is 15.5. The van der Waals surface area contributed by atoms with Gasteiger partial charge in [0.15, 0.2) is 5.16 Å². The van der Waals surface area contributed by atoms with E-state index in [1.165, 1.54) is 23.9 Å². The van der Waals surface area contributed by atoms with Gasteiger partial charge in [-0.15, -0.1) is 10.2 Å². The molecule has 0 aliphatic carbocycles. The zero-order valence-electron chi connectivity index (χ0n) is 16.6. The minimum Gasteiger partial charge on any atom is -0.349 e. The van der Waals surface area contributed by atoms with Crippen molar-refractivity contribution in [2.45, 2.75) is 24.5 Å². The number of para-hydroxylation sites is 1. The Morgan fingerprint density at radius 3 is 2.50 bits per heavy atom. The second-order valence-electron chi connectivity index (χ2n) is 6.65. The highest BCUT2D eigenvalue weighted by Crippen LogP contribution is 2.18. The van der Waals surface area contributed by atoms with Crippen molar-refractivity contribution in [3.05, 3.63) is 71.8 Å². The van der Waals surface area contributed by atoms with Crippen LogP contribution in [0.15, 0.2) is 59.8 Å². The van der Waals surface area contributed by atoms with Crippen LogP contribution in [0.1, 0.15) is 24.4 Å². The molecule has 0 fully saturated rings. The third-order valence-corrected chi connectivity index (χ3v) is 5.42. The number of anilines is 1. The summed E-state index contributed by atoms with van der Waals surface area (Å²) >= 11 is 1.23. The molecule has 0 aliphatic rings. The lowest BCUT2D eigenvalue weighted by Gasteiger charge is -2.14. The van der Waals surface area contributed by atoms with Gasteiger partial charge in [-0.3, -0.25) is 9.59 Å². The minimum absolute atomic E-state index is 0.0599. The molecule has 0 radical (unpaired) electrons. The number of carbonyl (C=O) groups excluding carboxylic acids is 2. The first-order valence-corrected chi connectivity index (χ1v) is 10.3. The van der Waals surface area contributed by atoms with Gasteiger partial charge in [-0.1, -0.05) is 54.2 Å². The quantitative estimate of drug-likeness (QED) is 0.539. The lowest BCUT2D eigenvalue weighted by Crippen LogP contribution is -2.28. The monoisotopic (exact) mass is 427 g/mol. The van der Waals surface area contributed by atoms with Gasteiger partial charge in [-0.05, 0) is 24.6 Å². The first-order valence-electron chi connectivity index (χ1n) is 9.34. The predicted octanol–water partition coefficient (Wildman–Crippen LogP) is 3.10. The Hall–Kier alpha value is -3.20. The molecule has 30 heavy (non-hydrogen) atoms. The molecular weight excluding hydrogens is 405 g/mol. The third kappa shape index (κ3) is 5.66. The van der Waals surface area contributed by atoms with E-state index in [0.717, 1.165) is 5.56 Å². The molecule has 2 amide bonds. The highest BCUT2D eigenvalue weighted by molar-refractivity contribution is 7.99. The molecule has 3 rings (SSSR count). The van der Waals surface area contributed by atoms with Crippen LogP contribution in [-0.2, 0) is 23.1 Å². The van der Waals surface area contributed by atoms with Crippen molar-refractivity contribution in [1.29, 1.82) is 0 Å². The number of thioether (sulfide) groups is 1. The summed E-state index contributed by atoms with van der Waals surface area (Å²) in [5.74, 6) is -0.440.